The van der Waals surface area contributed by atoms with Crippen LogP contribution in [0, 0.1) is 0 Å². The number of benzene rings is 2. The Morgan fingerprint density at radius 2 is 1.88 bits per heavy atom. The molecule has 1 amide bonds. The molecule has 1 unspecified atom stereocenters. The third kappa shape index (κ3) is 6.68. The van der Waals surface area contributed by atoms with Gasteiger partial charge in [0.1, 0.15) is 17.9 Å². The first kappa shape index (κ1) is 31.6. The number of aliphatic hydroxyl groups is 1. The average molecular weight is 615 g/mol. The van der Waals surface area contributed by atoms with Crippen LogP contribution in [0.5, 0.6) is 5.75 Å². The van der Waals surface area contributed by atoms with Gasteiger partial charge in [0, 0.05) is 6.20 Å². The van der Waals surface area contributed by atoms with Crippen LogP contribution in [0.3, 0.4) is 0 Å². The van der Waals surface area contributed by atoms with Crippen molar-refractivity contribution in [3.8, 4) is 5.75 Å². The van der Waals surface area contributed by atoms with Gasteiger partial charge in [0.25, 0.3) is 6.43 Å². The number of carbonyl (C=O) groups is 3. The van der Waals surface area contributed by atoms with Crippen molar-refractivity contribution in [3.05, 3.63) is 54.7 Å². The highest BCUT2D eigenvalue weighted by atomic mass is 31.2. The van der Waals surface area contributed by atoms with Crippen molar-refractivity contribution in [2.45, 2.75) is 69.9 Å². The summed E-state index contributed by atoms with van der Waals surface area (Å²) < 4.78 is 79.4. The molecule has 2 aliphatic heterocycles. The second-order valence-electron chi connectivity index (χ2n) is 10.1. The fraction of sp³-hybridized carbons (Fsp3) is 0.444. The number of ketones is 1. The fourth-order valence-corrected chi connectivity index (χ4v) is 5.92. The first-order valence-electron chi connectivity index (χ1n) is 13.0. The number of fused-ring (bicyclic) bond motifs is 1. The Hall–Kier alpha value is -3.29. The van der Waals surface area contributed by atoms with E-state index in [1.54, 1.807) is 38.1 Å². The van der Waals surface area contributed by atoms with Crippen LogP contribution >= 0.6 is 7.75 Å². The summed E-state index contributed by atoms with van der Waals surface area (Å²) in [5.41, 5.74) is -3.12. The Morgan fingerprint density at radius 1 is 1.19 bits per heavy atom. The lowest BCUT2D eigenvalue weighted by Crippen LogP contribution is -2.52. The molecule has 2 heterocycles. The lowest BCUT2D eigenvalue weighted by molar-refractivity contribution is -0.199. The van der Waals surface area contributed by atoms with Crippen molar-refractivity contribution in [2.24, 2.45) is 0 Å². The molecule has 0 aromatic heterocycles. The van der Waals surface area contributed by atoms with Crippen molar-refractivity contribution in [1.29, 1.82) is 0 Å². The highest BCUT2D eigenvalue weighted by Gasteiger charge is 2.63. The predicted octanol–water partition coefficient (Wildman–Crippen LogP) is 3.65. The third-order valence-corrected chi connectivity index (χ3v) is 8.18. The number of aliphatic hydroxyl groups excluding tert-OH is 1. The van der Waals surface area contributed by atoms with E-state index in [4.69, 9.17) is 18.5 Å². The molecule has 228 valence electrons. The third-order valence-electron chi connectivity index (χ3n) is 6.56. The number of hydrogen-bond donors (Lipinski definition) is 2. The molecule has 1 saturated heterocycles. The molecule has 2 aromatic rings. The van der Waals surface area contributed by atoms with E-state index in [9.17, 15) is 32.8 Å². The quantitative estimate of drug-likeness (QED) is 0.219. The zero-order valence-corrected chi connectivity index (χ0v) is 23.7. The minimum atomic E-state index is -4.76. The van der Waals surface area contributed by atoms with Gasteiger partial charge in [-0.25, -0.2) is 17.7 Å². The van der Waals surface area contributed by atoms with Gasteiger partial charge < -0.3 is 19.1 Å². The maximum atomic E-state index is 15.2. The summed E-state index contributed by atoms with van der Waals surface area (Å²) in [7, 11) is -4.76. The van der Waals surface area contributed by atoms with E-state index in [1.807, 2.05) is 6.07 Å². The minimum absolute atomic E-state index is 0.0251. The molecule has 42 heavy (non-hydrogen) atoms. The van der Waals surface area contributed by atoms with Gasteiger partial charge in [-0.1, -0.05) is 30.3 Å². The lowest BCUT2D eigenvalue weighted by Gasteiger charge is -2.33. The van der Waals surface area contributed by atoms with E-state index in [0.717, 1.165) is 17.7 Å². The SMILES string of the molecule is CC(C)OC(=O)[C@H](C)NP(=O)(OC[C@@]1(C(F)F)O[C@@H](N2C=CC(=O)CC2=O)[C@@H](F)[C@@H]1O)Oc1ccc2ccccc2c1. The van der Waals surface area contributed by atoms with Gasteiger partial charge in [0.15, 0.2) is 23.8 Å². The Labute approximate surface area is 239 Å². The van der Waals surface area contributed by atoms with Crippen LogP contribution in [0.15, 0.2) is 54.7 Å². The second-order valence-corrected chi connectivity index (χ2v) is 11.8. The average Bonchev–Trinajstić information content (AvgIpc) is 3.17. The van der Waals surface area contributed by atoms with E-state index < -0.39 is 81.1 Å². The number of alkyl halides is 3. The monoisotopic (exact) mass is 614 g/mol. The van der Waals surface area contributed by atoms with Crippen LogP contribution in [0.2, 0.25) is 0 Å². The number of hydrogen-bond acceptors (Lipinski definition) is 9. The van der Waals surface area contributed by atoms with E-state index >= 15 is 4.39 Å². The summed E-state index contributed by atoms with van der Waals surface area (Å²) in [6, 6.07) is 10.3. The van der Waals surface area contributed by atoms with Crippen molar-refractivity contribution < 1.29 is 55.7 Å². The molecule has 0 radical (unpaired) electrons. The van der Waals surface area contributed by atoms with Crippen molar-refractivity contribution in [2.75, 3.05) is 6.61 Å². The summed E-state index contributed by atoms with van der Waals surface area (Å²) in [5, 5.41) is 14.4. The summed E-state index contributed by atoms with van der Waals surface area (Å²) in [6.07, 6.45) is -10.1. The number of ether oxygens (including phenoxy) is 2. The number of esters is 1. The van der Waals surface area contributed by atoms with Crippen LogP contribution in [-0.2, 0) is 32.9 Å². The molecule has 0 spiro atoms. The van der Waals surface area contributed by atoms with Gasteiger partial charge in [-0.15, -0.1) is 0 Å². The number of carbonyl (C=O) groups excluding carboxylic acids is 3. The number of rotatable bonds is 11. The molecule has 11 nitrogen and oxygen atoms in total. The summed E-state index contributed by atoms with van der Waals surface area (Å²) in [6.45, 7) is 3.05. The maximum Gasteiger partial charge on any atom is 0.459 e. The normalized spacial score (nSPS) is 26.6. The smallest absolute Gasteiger partial charge is 0.459 e. The molecule has 0 saturated carbocycles. The van der Waals surface area contributed by atoms with Gasteiger partial charge in [0.2, 0.25) is 5.91 Å². The molecular weight excluding hydrogens is 584 g/mol. The molecule has 2 aromatic carbocycles. The number of amides is 1. The van der Waals surface area contributed by atoms with E-state index in [0.29, 0.717) is 10.3 Å². The van der Waals surface area contributed by atoms with E-state index in [-0.39, 0.29) is 5.75 Å². The first-order valence-corrected chi connectivity index (χ1v) is 14.5. The van der Waals surface area contributed by atoms with Crippen molar-refractivity contribution in [1.82, 2.24) is 9.99 Å². The highest BCUT2D eigenvalue weighted by molar-refractivity contribution is 7.52. The Bertz CT molecular complexity index is 1420. The highest BCUT2D eigenvalue weighted by Crippen LogP contribution is 2.49. The summed E-state index contributed by atoms with van der Waals surface area (Å²) in [4.78, 5) is 36.8. The molecule has 0 aliphatic carbocycles. The van der Waals surface area contributed by atoms with Gasteiger partial charge in [-0.05, 0) is 49.8 Å². The minimum Gasteiger partial charge on any atom is -0.462 e. The first-order chi connectivity index (χ1) is 19.7. The van der Waals surface area contributed by atoms with Gasteiger partial charge in [0.05, 0.1) is 19.1 Å². The number of halogens is 3. The number of nitrogens with zero attached hydrogens (tertiary/aromatic N) is 1. The molecule has 1 fully saturated rings. The molecule has 15 heteroatoms. The Balaban J connectivity index is 1.62. The Morgan fingerprint density at radius 3 is 2.52 bits per heavy atom. The number of allylic oxidation sites excluding steroid dienone is 1. The van der Waals surface area contributed by atoms with Gasteiger partial charge in [-0.3, -0.25) is 23.8 Å². The number of nitrogens with one attached hydrogen (secondary N) is 1. The lowest BCUT2D eigenvalue weighted by atomic mass is 9.97. The molecule has 4 rings (SSSR count). The molecule has 6 atom stereocenters. The summed E-state index contributed by atoms with van der Waals surface area (Å²) in [5.74, 6) is -2.40. The molecule has 0 bridgehead atoms. The van der Waals surface area contributed by atoms with Crippen molar-refractivity contribution in [3.63, 3.8) is 0 Å². The zero-order chi connectivity index (χ0) is 30.8. The Kier molecular flexibility index (Phi) is 9.43. The molecule has 2 aliphatic rings. The van der Waals surface area contributed by atoms with Gasteiger partial charge >= 0.3 is 13.7 Å². The predicted molar refractivity (Wildman–Crippen MR) is 142 cm³/mol. The van der Waals surface area contributed by atoms with Crippen molar-refractivity contribution >= 4 is 36.2 Å². The van der Waals surface area contributed by atoms with Crippen LogP contribution in [0.25, 0.3) is 10.8 Å². The van der Waals surface area contributed by atoms with Crippen LogP contribution in [0.1, 0.15) is 27.2 Å². The second kappa shape index (κ2) is 12.5. The van der Waals surface area contributed by atoms with Gasteiger partial charge in [-0.2, -0.15) is 5.09 Å². The van der Waals surface area contributed by atoms with E-state index in [2.05, 4.69) is 5.09 Å². The van der Waals surface area contributed by atoms with Crippen LogP contribution < -0.4 is 9.61 Å². The topological polar surface area (TPSA) is 141 Å². The van der Waals surface area contributed by atoms with Crippen LogP contribution in [0.4, 0.5) is 13.2 Å². The zero-order valence-electron chi connectivity index (χ0n) is 22.8. The maximum absolute atomic E-state index is 15.2. The largest absolute Gasteiger partial charge is 0.462 e. The molecule has 2 N–H and O–H groups in total. The summed E-state index contributed by atoms with van der Waals surface area (Å²) >= 11 is 0. The fourth-order valence-electron chi connectivity index (χ4n) is 4.39. The van der Waals surface area contributed by atoms with E-state index in [1.165, 1.54) is 19.1 Å². The molecular formula is C27H30F3N2O9P. The van der Waals surface area contributed by atoms with Crippen LogP contribution in [-0.4, -0.2) is 76.9 Å². The standard InChI is InChI=1S/C27H30F3N2O9P/c1-15(2)39-25(36)16(3)31-42(37,41-20-9-8-17-6-4-5-7-18(17)12-20)38-14-27(26(29)30)23(35)22(28)24(40-27)32-11-10-19(33)13-21(32)34/h4-12,15-16,22-24,26,35H,13-14H2,1-3H3,(H,31,37)/t16-,22-,23-,24+,27+,42?/m0/s1.